The molecule has 0 spiro atoms. The highest BCUT2D eigenvalue weighted by molar-refractivity contribution is 6.31. The van der Waals surface area contributed by atoms with E-state index in [9.17, 15) is 18.0 Å². The number of pyridine rings is 1. The van der Waals surface area contributed by atoms with Crippen molar-refractivity contribution in [2.24, 2.45) is 0 Å². The Bertz CT molecular complexity index is 421. The predicted molar refractivity (Wildman–Crippen MR) is 54.6 cm³/mol. The van der Waals surface area contributed by atoms with Gasteiger partial charge in [0.05, 0.1) is 29.3 Å². The fraction of sp³-hybridized carbons (Fsp3) is 0.400. The first-order valence-electron chi connectivity index (χ1n) is 4.71. The Morgan fingerprint density at radius 3 is 2.65 bits per heavy atom. The number of hydrogen-bond acceptors (Lipinski definition) is 3. The summed E-state index contributed by atoms with van der Waals surface area (Å²) in [5.74, 6) is -0.582. The zero-order valence-corrected chi connectivity index (χ0v) is 9.60. The average Bonchev–Trinajstić information content (AvgIpc) is 2.20. The molecular weight excluding hydrogens is 259 g/mol. The lowest BCUT2D eigenvalue weighted by molar-refractivity contribution is -0.142. The van der Waals surface area contributed by atoms with Gasteiger partial charge in [0.25, 0.3) is 0 Å². The Balaban J connectivity index is 2.87. The molecule has 0 bridgehead atoms. The number of hydrogen-bond donors (Lipinski definition) is 0. The number of esters is 1. The molecule has 0 unspecified atom stereocenters. The summed E-state index contributed by atoms with van der Waals surface area (Å²) in [4.78, 5) is 14.6. The lowest BCUT2D eigenvalue weighted by Crippen LogP contribution is -2.11. The Morgan fingerprint density at radius 1 is 1.53 bits per heavy atom. The van der Waals surface area contributed by atoms with Gasteiger partial charge in [-0.3, -0.25) is 9.78 Å². The Kier molecular flexibility index (Phi) is 4.34. The first kappa shape index (κ1) is 13.8. The molecular formula is C10H9ClF3NO2. The maximum atomic E-state index is 12.3. The minimum atomic E-state index is -4.50. The number of alkyl halides is 3. The lowest BCUT2D eigenvalue weighted by Gasteiger charge is -2.08. The van der Waals surface area contributed by atoms with Crippen LogP contribution in [0.25, 0.3) is 0 Å². The highest BCUT2D eigenvalue weighted by Crippen LogP contribution is 2.31. The monoisotopic (exact) mass is 267 g/mol. The molecule has 1 rings (SSSR count). The minimum Gasteiger partial charge on any atom is -0.466 e. The Labute approximate surface area is 101 Å². The number of nitrogens with zero attached hydrogens (tertiary/aromatic N) is 1. The van der Waals surface area contributed by atoms with Crippen molar-refractivity contribution in [1.82, 2.24) is 4.98 Å². The van der Waals surface area contributed by atoms with Crippen LogP contribution in [0.15, 0.2) is 12.3 Å². The Hall–Kier alpha value is -1.30. The molecule has 1 aromatic rings. The number of halogens is 4. The van der Waals surface area contributed by atoms with E-state index in [0.717, 1.165) is 6.07 Å². The summed E-state index contributed by atoms with van der Waals surface area (Å²) in [6.45, 7) is 1.82. The Morgan fingerprint density at radius 2 is 2.18 bits per heavy atom. The number of carbonyl (C=O) groups is 1. The molecule has 0 fully saturated rings. The molecule has 1 heterocycles. The second-order valence-corrected chi connectivity index (χ2v) is 3.54. The summed E-state index contributed by atoms with van der Waals surface area (Å²) in [7, 11) is 0. The zero-order chi connectivity index (χ0) is 13.1. The first-order valence-corrected chi connectivity index (χ1v) is 5.09. The van der Waals surface area contributed by atoms with Crippen LogP contribution in [0.1, 0.15) is 18.2 Å². The molecule has 17 heavy (non-hydrogen) atoms. The van der Waals surface area contributed by atoms with Crippen molar-refractivity contribution >= 4 is 17.6 Å². The molecule has 1 aromatic heterocycles. The smallest absolute Gasteiger partial charge is 0.417 e. The van der Waals surface area contributed by atoms with E-state index in [4.69, 9.17) is 11.6 Å². The first-order chi connectivity index (χ1) is 7.84. The van der Waals surface area contributed by atoms with Crippen LogP contribution >= 0.6 is 11.6 Å². The normalized spacial score (nSPS) is 11.4. The van der Waals surface area contributed by atoms with Crippen LogP contribution in [0.5, 0.6) is 0 Å². The lowest BCUT2D eigenvalue weighted by atomic mass is 10.2. The van der Waals surface area contributed by atoms with E-state index in [1.165, 1.54) is 0 Å². The summed E-state index contributed by atoms with van der Waals surface area (Å²) in [5, 5.41) is -0.201. The molecule has 0 aliphatic carbocycles. The van der Waals surface area contributed by atoms with Crippen molar-refractivity contribution in [2.75, 3.05) is 6.61 Å². The number of rotatable bonds is 3. The quantitative estimate of drug-likeness (QED) is 0.791. The molecule has 7 heteroatoms. The summed E-state index contributed by atoms with van der Waals surface area (Å²) < 4.78 is 41.5. The van der Waals surface area contributed by atoms with E-state index in [0.29, 0.717) is 6.20 Å². The molecule has 0 atom stereocenters. The molecule has 0 radical (unpaired) electrons. The summed E-state index contributed by atoms with van der Waals surface area (Å²) in [5.41, 5.74) is -0.881. The van der Waals surface area contributed by atoms with Crippen molar-refractivity contribution < 1.29 is 22.7 Å². The van der Waals surface area contributed by atoms with Crippen molar-refractivity contribution in [1.29, 1.82) is 0 Å². The van der Waals surface area contributed by atoms with E-state index >= 15 is 0 Å². The van der Waals surface area contributed by atoms with Gasteiger partial charge < -0.3 is 4.74 Å². The van der Waals surface area contributed by atoms with E-state index in [1.54, 1.807) is 6.92 Å². The third kappa shape index (κ3) is 3.89. The fourth-order valence-corrected chi connectivity index (χ4v) is 1.33. The molecule has 94 valence electrons. The van der Waals surface area contributed by atoms with Gasteiger partial charge in [0.2, 0.25) is 0 Å². The largest absolute Gasteiger partial charge is 0.466 e. The van der Waals surface area contributed by atoms with Gasteiger partial charge in [0.1, 0.15) is 0 Å². The highest BCUT2D eigenvalue weighted by atomic mass is 35.5. The van der Waals surface area contributed by atoms with Gasteiger partial charge in [-0.15, -0.1) is 0 Å². The van der Waals surface area contributed by atoms with E-state index in [2.05, 4.69) is 9.72 Å². The van der Waals surface area contributed by atoms with Gasteiger partial charge in [0.15, 0.2) is 0 Å². The molecule has 0 aliphatic heterocycles. The van der Waals surface area contributed by atoms with E-state index in [-0.39, 0.29) is 23.7 Å². The zero-order valence-electron chi connectivity index (χ0n) is 8.84. The number of carbonyl (C=O) groups excluding carboxylic acids is 1. The molecule has 0 N–H and O–H groups in total. The van der Waals surface area contributed by atoms with Crippen LogP contribution in [-0.4, -0.2) is 17.6 Å². The summed E-state index contributed by atoms with van der Waals surface area (Å²) in [6.07, 6.45) is -4.11. The van der Waals surface area contributed by atoms with Crippen LogP contribution in [-0.2, 0) is 22.1 Å². The van der Waals surface area contributed by atoms with E-state index < -0.39 is 17.7 Å². The maximum absolute atomic E-state index is 12.3. The number of aromatic nitrogens is 1. The van der Waals surface area contributed by atoms with Crippen molar-refractivity contribution in [3.63, 3.8) is 0 Å². The van der Waals surface area contributed by atoms with Crippen molar-refractivity contribution in [3.8, 4) is 0 Å². The summed E-state index contributed by atoms with van der Waals surface area (Å²) in [6, 6.07) is 0.739. The van der Waals surface area contributed by atoms with Gasteiger partial charge in [0, 0.05) is 6.20 Å². The van der Waals surface area contributed by atoms with Gasteiger partial charge in [-0.1, -0.05) is 11.6 Å². The highest BCUT2D eigenvalue weighted by Gasteiger charge is 2.31. The topological polar surface area (TPSA) is 39.2 Å². The van der Waals surface area contributed by atoms with Crippen LogP contribution in [0.3, 0.4) is 0 Å². The molecule has 3 nitrogen and oxygen atoms in total. The third-order valence-electron chi connectivity index (χ3n) is 1.86. The standard InChI is InChI=1S/C10H9ClF3NO2/c1-2-17-9(16)4-8-7(11)3-6(5-15-8)10(12,13)14/h3,5H,2,4H2,1H3. The van der Waals surface area contributed by atoms with Crippen LogP contribution in [0, 0.1) is 0 Å². The predicted octanol–water partition coefficient (Wildman–Crippen LogP) is 2.86. The van der Waals surface area contributed by atoms with Crippen molar-refractivity contribution in [3.05, 3.63) is 28.5 Å². The SMILES string of the molecule is CCOC(=O)Cc1ncc(C(F)(F)F)cc1Cl. The van der Waals surface area contributed by atoms with Gasteiger partial charge in [-0.25, -0.2) is 0 Å². The average molecular weight is 268 g/mol. The second kappa shape index (κ2) is 5.35. The van der Waals surface area contributed by atoms with Gasteiger partial charge >= 0.3 is 12.1 Å². The minimum absolute atomic E-state index is 0.0677. The molecule has 0 saturated heterocycles. The second-order valence-electron chi connectivity index (χ2n) is 3.13. The van der Waals surface area contributed by atoms with Crippen molar-refractivity contribution in [2.45, 2.75) is 19.5 Å². The fourth-order valence-electron chi connectivity index (χ4n) is 1.10. The molecule has 0 amide bonds. The van der Waals surface area contributed by atoms with Gasteiger partial charge in [-0.05, 0) is 13.0 Å². The maximum Gasteiger partial charge on any atom is 0.417 e. The third-order valence-corrected chi connectivity index (χ3v) is 2.19. The molecule has 0 aliphatic rings. The molecule has 0 saturated carbocycles. The number of ether oxygens (including phenoxy) is 1. The van der Waals surface area contributed by atoms with E-state index in [1.807, 2.05) is 0 Å². The van der Waals surface area contributed by atoms with Gasteiger partial charge in [-0.2, -0.15) is 13.2 Å². The van der Waals surface area contributed by atoms with Crippen LogP contribution in [0.2, 0.25) is 5.02 Å². The van der Waals surface area contributed by atoms with Crippen LogP contribution in [0.4, 0.5) is 13.2 Å². The molecule has 0 aromatic carbocycles. The summed E-state index contributed by atoms with van der Waals surface area (Å²) >= 11 is 5.61. The van der Waals surface area contributed by atoms with Crippen LogP contribution < -0.4 is 0 Å².